The molecule has 0 unspecified atom stereocenters. The smallest absolute Gasteiger partial charge is 0.360 e. The first kappa shape index (κ1) is 15.8. The molecular formula is C15H19O5P. The monoisotopic (exact) mass is 310 g/mol. The molecular weight excluding hydrogens is 291 g/mol. The lowest BCUT2D eigenvalue weighted by atomic mass is 10.1. The van der Waals surface area contributed by atoms with E-state index in [1.54, 1.807) is 18.2 Å². The van der Waals surface area contributed by atoms with E-state index in [-0.39, 0.29) is 11.1 Å². The van der Waals surface area contributed by atoms with E-state index >= 15 is 0 Å². The van der Waals surface area contributed by atoms with Crippen LogP contribution in [-0.4, -0.2) is 20.0 Å². The van der Waals surface area contributed by atoms with Crippen molar-refractivity contribution in [2.45, 2.75) is 32.1 Å². The van der Waals surface area contributed by atoms with Gasteiger partial charge in [0.2, 0.25) is 0 Å². The number of phenols is 2. The molecule has 2 aromatic rings. The number of fused-ring (bicyclic) bond motifs is 1. The molecule has 0 bridgehead atoms. The number of phenolic OH excluding ortho intramolecular Hbond substituents is 2. The van der Waals surface area contributed by atoms with Crippen LogP contribution in [0.5, 0.6) is 11.5 Å². The maximum atomic E-state index is 11.1. The summed E-state index contributed by atoms with van der Waals surface area (Å²) in [6.45, 7) is 0. The quantitative estimate of drug-likeness (QED) is 0.479. The standard InChI is InChI=1S/C10H9O5P.C5H10/c11-8-5-9(16(13,14)15)10(12)7-4-2-1-3-6(7)8;1-2-4-5-3-1/h1-5,11-12H,(H2,13,14,15);1-5H2. The summed E-state index contributed by atoms with van der Waals surface area (Å²) in [5, 5.41) is 19.3. The molecule has 0 aliphatic heterocycles. The summed E-state index contributed by atoms with van der Waals surface area (Å²) in [5.74, 6) is -0.770. The van der Waals surface area contributed by atoms with Gasteiger partial charge in [0.25, 0.3) is 0 Å². The minimum absolute atomic E-state index is 0.209. The van der Waals surface area contributed by atoms with Gasteiger partial charge in [-0.15, -0.1) is 0 Å². The average Bonchev–Trinajstić information content (AvgIpc) is 3.01. The lowest BCUT2D eigenvalue weighted by Crippen LogP contribution is -2.04. The normalized spacial score (nSPS) is 14.8. The fourth-order valence-electron chi connectivity index (χ4n) is 2.43. The van der Waals surface area contributed by atoms with Gasteiger partial charge in [-0.2, -0.15) is 0 Å². The predicted octanol–water partition coefficient (Wildman–Crippen LogP) is 3.00. The van der Waals surface area contributed by atoms with Crippen molar-refractivity contribution < 1.29 is 24.6 Å². The average molecular weight is 310 g/mol. The minimum Gasteiger partial charge on any atom is -0.507 e. The van der Waals surface area contributed by atoms with Crippen molar-refractivity contribution in [3.8, 4) is 11.5 Å². The minimum atomic E-state index is -4.60. The molecule has 2 aromatic carbocycles. The van der Waals surface area contributed by atoms with Crippen molar-refractivity contribution in [2.75, 3.05) is 0 Å². The highest BCUT2D eigenvalue weighted by molar-refractivity contribution is 7.60. The first-order valence-electron chi connectivity index (χ1n) is 6.91. The first-order valence-corrected chi connectivity index (χ1v) is 8.52. The molecule has 0 spiro atoms. The highest BCUT2D eigenvalue weighted by Gasteiger charge is 2.24. The molecule has 0 saturated heterocycles. The molecule has 0 aromatic heterocycles. The lowest BCUT2D eigenvalue weighted by Gasteiger charge is -2.10. The molecule has 1 aliphatic carbocycles. The van der Waals surface area contributed by atoms with Gasteiger partial charge >= 0.3 is 7.60 Å². The van der Waals surface area contributed by atoms with Gasteiger partial charge in [-0.1, -0.05) is 56.4 Å². The highest BCUT2D eigenvalue weighted by Crippen LogP contribution is 2.42. The zero-order valence-electron chi connectivity index (χ0n) is 11.6. The van der Waals surface area contributed by atoms with Gasteiger partial charge < -0.3 is 20.0 Å². The zero-order valence-corrected chi connectivity index (χ0v) is 12.5. The molecule has 21 heavy (non-hydrogen) atoms. The molecule has 1 saturated carbocycles. The molecule has 114 valence electrons. The van der Waals surface area contributed by atoms with Gasteiger partial charge in [0.15, 0.2) is 0 Å². The van der Waals surface area contributed by atoms with Crippen LogP contribution in [0, 0.1) is 0 Å². The van der Waals surface area contributed by atoms with Gasteiger partial charge in [-0.25, -0.2) is 0 Å². The number of aromatic hydroxyl groups is 2. The van der Waals surface area contributed by atoms with E-state index in [0.29, 0.717) is 5.39 Å². The molecule has 4 N–H and O–H groups in total. The Labute approximate surface area is 123 Å². The van der Waals surface area contributed by atoms with Crippen LogP contribution in [-0.2, 0) is 4.57 Å². The number of benzene rings is 2. The highest BCUT2D eigenvalue weighted by atomic mass is 31.2. The van der Waals surface area contributed by atoms with Crippen LogP contribution in [0.25, 0.3) is 10.8 Å². The Kier molecular flexibility index (Phi) is 4.88. The third-order valence-electron chi connectivity index (χ3n) is 3.54. The Balaban J connectivity index is 0.000000272. The Morgan fingerprint density at radius 3 is 1.81 bits per heavy atom. The largest absolute Gasteiger partial charge is 0.507 e. The third-order valence-corrected chi connectivity index (χ3v) is 4.51. The molecule has 3 rings (SSSR count). The maximum Gasteiger partial charge on any atom is 0.360 e. The summed E-state index contributed by atoms with van der Waals surface area (Å²) in [6, 6.07) is 7.17. The van der Waals surface area contributed by atoms with Gasteiger partial charge in [0.05, 0.1) is 0 Å². The van der Waals surface area contributed by atoms with E-state index in [4.69, 9.17) is 9.79 Å². The van der Waals surface area contributed by atoms with Crippen LogP contribution >= 0.6 is 7.60 Å². The predicted molar refractivity (Wildman–Crippen MR) is 82.0 cm³/mol. The Morgan fingerprint density at radius 1 is 0.857 bits per heavy atom. The Morgan fingerprint density at radius 2 is 1.33 bits per heavy atom. The van der Waals surface area contributed by atoms with E-state index in [1.165, 1.54) is 38.2 Å². The summed E-state index contributed by atoms with van der Waals surface area (Å²) >= 11 is 0. The molecule has 0 atom stereocenters. The zero-order chi connectivity index (χ0) is 15.5. The lowest BCUT2D eigenvalue weighted by molar-refractivity contribution is 0.384. The van der Waals surface area contributed by atoms with E-state index < -0.39 is 18.6 Å². The SMILES string of the molecule is C1CCCC1.O=P(O)(O)c1cc(O)c2ccccc2c1O. The molecule has 6 heteroatoms. The second-order valence-corrected chi connectivity index (χ2v) is 6.69. The Hall–Kier alpha value is -1.55. The molecule has 1 fully saturated rings. The van der Waals surface area contributed by atoms with Crippen LogP contribution in [0.15, 0.2) is 30.3 Å². The fourth-order valence-corrected chi connectivity index (χ4v) is 3.12. The van der Waals surface area contributed by atoms with Gasteiger partial charge in [0, 0.05) is 10.8 Å². The second kappa shape index (κ2) is 6.48. The summed E-state index contributed by atoms with van der Waals surface area (Å²) in [6.07, 6.45) is 7.50. The number of hydrogen-bond donors (Lipinski definition) is 4. The van der Waals surface area contributed by atoms with Gasteiger partial charge in [-0.05, 0) is 6.07 Å². The van der Waals surface area contributed by atoms with Crippen molar-refractivity contribution in [1.29, 1.82) is 0 Å². The summed E-state index contributed by atoms with van der Waals surface area (Å²) < 4.78 is 11.1. The number of rotatable bonds is 1. The van der Waals surface area contributed by atoms with Crippen molar-refractivity contribution >= 4 is 23.7 Å². The van der Waals surface area contributed by atoms with Gasteiger partial charge in [-0.3, -0.25) is 4.57 Å². The van der Waals surface area contributed by atoms with Crippen molar-refractivity contribution in [1.82, 2.24) is 0 Å². The van der Waals surface area contributed by atoms with Crippen LogP contribution in [0.2, 0.25) is 0 Å². The summed E-state index contributed by atoms with van der Waals surface area (Å²) in [5.41, 5.74) is 0. The van der Waals surface area contributed by atoms with E-state index in [9.17, 15) is 14.8 Å². The van der Waals surface area contributed by atoms with Crippen LogP contribution in [0.4, 0.5) is 0 Å². The fraction of sp³-hybridized carbons (Fsp3) is 0.333. The van der Waals surface area contributed by atoms with Crippen molar-refractivity contribution in [3.63, 3.8) is 0 Å². The molecule has 0 heterocycles. The summed E-state index contributed by atoms with van der Waals surface area (Å²) in [7, 11) is -4.60. The van der Waals surface area contributed by atoms with Crippen molar-refractivity contribution in [2.24, 2.45) is 0 Å². The topological polar surface area (TPSA) is 98.0 Å². The number of hydrogen-bond acceptors (Lipinski definition) is 3. The second-order valence-electron chi connectivity index (χ2n) is 5.12. The molecule has 5 nitrogen and oxygen atoms in total. The van der Waals surface area contributed by atoms with E-state index in [2.05, 4.69) is 0 Å². The van der Waals surface area contributed by atoms with E-state index in [0.717, 1.165) is 6.07 Å². The van der Waals surface area contributed by atoms with Gasteiger partial charge in [0.1, 0.15) is 16.8 Å². The van der Waals surface area contributed by atoms with E-state index in [1.807, 2.05) is 0 Å². The maximum absolute atomic E-state index is 11.1. The van der Waals surface area contributed by atoms with Crippen LogP contribution in [0.1, 0.15) is 32.1 Å². The third kappa shape index (κ3) is 3.76. The Bertz CT molecular complexity index is 665. The molecule has 1 aliphatic rings. The van der Waals surface area contributed by atoms with Crippen LogP contribution < -0.4 is 5.30 Å². The summed E-state index contributed by atoms with van der Waals surface area (Å²) in [4.78, 5) is 18.0. The first-order chi connectivity index (χ1) is 9.91. The molecule has 0 amide bonds. The molecule has 0 radical (unpaired) electrons. The van der Waals surface area contributed by atoms with Crippen molar-refractivity contribution in [3.05, 3.63) is 30.3 Å². The van der Waals surface area contributed by atoms with Crippen LogP contribution in [0.3, 0.4) is 0 Å².